The van der Waals surface area contributed by atoms with Crippen LogP contribution in [0.4, 0.5) is 22.7 Å². The first-order valence-corrected chi connectivity index (χ1v) is 9.24. The summed E-state index contributed by atoms with van der Waals surface area (Å²) in [7, 11) is 1.67. The molecule has 4 rings (SSSR count). The molecule has 2 N–H and O–H groups in total. The van der Waals surface area contributed by atoms with Crippen LogP contribution < -0.4 is 15.4 Å². The molecule has 0 atom stereocenters. The number of ether oxygens (including phenoxy) is 1. The minimum Gasteiger partial charge on any atom is -0.497 e. The third-order valence-corrected chi connectivity index (χ3v) is 4.54. The molecule has 0 amide bonds. The van der Waals surface area contributed by atoms with Gasteiger partial charge in [-0.2, -0.15) is 0 Å². The Morgan fingerprint density at radius 1 is 0.464 bits per heavy atom. The molecule has 3 heteroatoms. The molecule has 0 bridgehead atoms. The third-order valence-electron chi connectivity index (χ3n) is 4.54. The van der Waals surface area contributed by atoms with Gasteiger partial charge in [-0.1, -0.05) is 42.5 Å². The van der Waals surface area contributed by atoms with E-state index in [0.29, 0.717) is 0 Å². The van der Waals surface area contributed by atoms with E-state index in [1.807, 2.05) is 42.5 Å². The van der Waals surface area contributed by atoms with Gasteiger partial charge in [-0.25, -0.2) is 0 Å². The lowest BCUT2D eigenvalue weighted by molar-refractivity contribution is 0.415. The Labute approximate surface area is 165 Å². The summed E-state index contributed by atoms with van der Waals surface area (Å²) in [6, 6.07) is 35.0. The van der Waals surface area contributed by atoms with Crippen LogP contribution in [0.3, 0.4) is 0 Å². The lowest BCUT2D eigenvalue weighted by Gasteiger charge is -2.10. The topological polar surface area (TPSA) is 33.3 Å². The summed E-state index contributed by atoms with van der Waals surface area (Å²) in [5, 5.41) is 6.81. The van der Waals surface area contributed by atoms with Crippen molar-refractivity contribution in [1.29, 1.82) is 0 Å². The Morgan fingerprint density at radius 2 is 0.857 bits per heavy atom. The average molecular weight is 366 g/mol. The maximum absolute atomic E-state index is 5.19. The molecule has 0 heterocycles. The van der Waals surface area contributed by atoms with Crippen molar-refractivity contribution in [2.24, 2.45) is 0 Å². The van der Waals surface area contributed by atoms with E-state index in [9.17, 15) is 0 Å². The van der Waals surface area contributed by atoms with Crippen LogP contribution in [0, 0.1) is 0 Å². The molecule has 0 spiro atoms. The molecule has 0 radical (unpaired) electrons. The van der Waals surface area contributed by atoms with Crippen LogP contribution in [0.15, 0.2) is 103 Å². The minimum absolute atomic E-state index is 0.853. The van der Waals surface area contributed by atoms with Gasteiger partial charge in [0.1, 0.15) is 5.75 Å². The molecule has 3 nitrogen and oxygen atoms in total. The van der Waals surface area contributed by atoms with E-state index in [4.69, 9.17) is 4.74 Å². The van der Waals surface area contributed by atoms with Gasteiger partial charge < -0.3 is 15.4 Å². The summed E-state index contributed by atoms with van der Waals surface area (Å²) in [5.41, 5.74) is 6.62. The van der Waals surface area contributed by atoms with E-state index in [2.05, 4.69) is 71.3 Å². The molecule has 0 aliphatic carbocycles. The Kier molecular flexibility index (Phi) is 5.25. The van der Waals surface area contributed by atoms with E-state index in [1.165, 1.54) is 11.1 Å². The highest BCUT2D eigenvalue weighted by atomic mass is 16.5. The van der Waals surface area contributed by atoms with Crippen LogP contribution in [0.2, 0.25) is 0 Å². The van der Waals surface area contributed by atoms with Gasteiger partial charge in [0.25, 0.3) is 0 Å². The number of hydrogen-bond acceptors (Lipinski definition) is 3. The van der Waals surface area contributed by atoms with Gasteiger partial charge in [0.05, 0.1) is 7.11 Å². The average Bonchev–Trinajstić information content (AvgIpc) is 2.76. The van der Waals surface area contributed by atoms with E-state index in [-0.39, 0.29) is 0 Å². The minimum atomic E-state index is 0.853. The van der Waals surface area contributed by atoms with Crippen molar-refractivity contribution >= 4 is 22.7 Å². The molecule has 138 valence electrons. The number of hydrogen-bond donors (Lipinski definition) is 2. The maximum atomic E-state index is 5.19. The quantitative estimate of drug-likeness (QED) is 0.391. The molecule has 0 unspecified atom stereocenters. The van der Waals surface area contributed by atoms with Crippen molar-refractivity contribution in [2.45, 2.75) is 0 Å². The number of nitrogens with one attached hydrogen (secondary N) is 2. The van der Waals surface area contributed by atoms with Crippen molar-refractivity contribution in [2.75, 3.05) is 17.7 Å². The second kappa shape index (κ2) is 8.31. The van der Waals surface area contributed by atoms with Crippen molar-refractivity contribution in [1.82, 2.24) is 0 Å². The van der Waals surface area contributed by atoms with E-state index in [1.54, 1.807) is 7.11 Å². The predicted molar refractivity (Wildman–Crippen MR) is 118 cm³/mol. The molecule has 0 saturated carbocycles. The molecule has 0 fully saturated rings. The Hall–Kier alpha value is -3.72. The third kappa shape index (κ3) is 4.33. The number of methoxy groups -OCH3 is 1. The van der Waals surface area contributed by atoms with Crippen LogP contribution >= 0.6 is 0 Å². The van der Waals surface area contributed by atoms with Crippen molar-refractivity contribution in [3.05, 3.63) is 103 Å². The lowest BCUT2D eigenvalue weighted by atomic mass is 10.0. The zero-order valence-corrected chi connectivity index (χ0v) is 15.7. The highest BCUT2D eigenvalue weighted by molar-refractivity contribution is 5.71. The second-order valence-corrected chi connectivity index (χ2v) is 6.50. The summed E-state index contributed by atoms with van der Waals surface area (Å²) in [4.78, 5) is 0. The van der Waals surface area contributed by atoms with E-state index in [0.717, 1.165) is 28.5 Å². The van der Waals surface area contributed by atoms with Crippen LogP contribution in [-0.4, -0.2) is 7.11 Å². The monoisotopic (exact) mass is 366 g/mol. The van der Waals surface area contributed by atoms with Gasteiger partial charge in [0.2, 0.25) is 0 Å². The van der Waals surface area contributed by atoms with Gasteiger partial charge in [-0.15, -0.1) is 0 Å². The molecule has 28 heavy (non-hydrogen) atoms. The first-order chi connectivity index (χ1) is 13.8. The number of para-hydroxylation sites is 1. The smallest absolute Gasteiger partial charge is 0.119 e. The van der Waals surface area contributed by atoms with Crippen LogP contribution in [0.1, 0.15) is 0 Å². The van der Waals surface area contributed by atoms with Gasteiger partial charge in [0.15, 0.2) is 0 Å². The van der Waals surface area contributed by atoms with Crippen molar-refractivity contribution < 1.29 is 4.74 Å². The van der Waals surface area contributed by atoms with E-state index < -0.39 is 0 Å². The number of anilines is 4. The van der Waals surface area contributed by atoms with Gasteiger partial charge >= 0.3 is 0 Å². The normalized spacial score (nSPS) is 10.3. The SMILES string of the molecule is COc1ccc(Nc2ccc(-c3ccc(Nc4ccccc4)cc3)cc2)cc1. The van der Waals surface area contributed by atoms with Gasteiger partial charge in [0, 0.05) is 22.7 Å². The zero-order valence-electron chi connectivity index (χ0n) is 15.7. The standard InChI is InChI=1S/C25H22N2O/c1-28-25-17-15-24(16-18-25)27-23-13-9-20(10-14-23)19-7-11-22(12-8-19)26-21-5-3-2-4-6-21/h2-18,26-27H,1H3. The van der Waals surface area contributed by atoms with Crippen LogP contribution in [-0.2, 0) is 0 Å². The van der Waals surface area contributed by atoms with Crippen LogP contribution in [0.5, 0.6) is 5.75 Å². The molecule has 4 aromatic carbocycles. The molecule has 0 aromatic heterocycles. The summed E-state index contributed by atoms with van der Waals surface area (Å²) < 4.78 is 5.19. The first-order valence-electron chi connectivity index (χ1n) is 9.24. The summed E-state index contributed by atoms with van der Waals surface area (Å²) in [6.45, 7) is 0. The van der Waals surface area contributed by atoms with E-state index >= 15 is 0 Å². The highest BCUT2D eigenvalue weighted by Gasteiger charge is 2.01. The fourth-order valence-corrected chi connectivity index (χ4v) is 3.02. The highest BCUT2D eigenvalue weighted by Crippen LogP contribution is 2.26. The summed E-state index contributed by atoms with van der Waals surface area (Å²) >= 11 is 0. The van der Waals surface area contributed by atoms with Crippen LogP contribution in [0.25, 0.3) is 11.1 Å². The largest absolute Gasteiger partial charge is 0.497 e. The zero-order chi connectivity index (χ0) is 19.2. The molecular formula is C25H22N2O. The second-order valence-electron chi connectivity index (χ2n) is 6.50. The molecule has 0 aliphatic rings. The lowest BCUT2D eigenvalue weighted by Crippen LogP contribution is -1.91. The molecule has 4 aromatic rings. The van der Waals surface area contributed by atoms with Gasteiger partial charge in [-0.05, 0) is 71.8 Å². The van der Waals surface area contributed by atoms with Crippen molar-refractivity contribution in [3.63, 3.8) is 0 Å². The predicted octanol–water partition coefficient (Wildman–Crippen LogP) is 6.85. The molecular weight excluding hydrogens is 344 g/mol. The molecule has 0 saturated heterocycles. The Balaban J connectivity index is 1.43. The van der Waals surface area contributed by atoms with Gasteiger partial charge in [-0.3, -0.25) is 0 Å². The maximum Gasteiger partial charge on any atom is 0.119 e. The number of rotatable bonds is 6. The summed E-state index contributed by atoms with van der Waals surface area (Å²) in [5.74, 6) is 0.853. The fraction of sp³-hybridized carbons (Fsp3) is 0.0400. The Bertz CT molecular complexity index is 1010. The summed E-state index contributed by atoms with van der Waals surface area (Å²) in [6.07, 6.45) is 0. The van der Waals surface area contributed by atoms with Crippen molar-refractivity contribution in [3.8, 4) is 16.9 Å². The Morgan fingerprint density at radius 3 is 1.29 bits per heavy atom. The first kappa shape index (κ1) is 17.7. The number of benzene rings is 4. The molecule has 0 aliphatic heterocycles. The fourth-order valence-electron chi connectivity index (χ4n) is 3.02.